The van der Waals surface area contributed by atoms with E-state index < -0.39 is 11.9 Å². The van der Waals surface area contributed by atoms with Crippen LogP contribution in [0.4, 0.5) is 13.2 Å². The van der Waals surface area contributed by atoms with E-state index in [0.29, 0.717) is 31.8 Å². The molecule has 2 aromatic heterocycles. The summed E-state index contributed by atoms with van der Waals surface area (Å²) in [5.74, 6) is 0.0388. The summed E-state index contributed by atoms with van der Waals surface area (Å²) in [6.07, 6.45) is -1.02. The Bertz CT molecular complexity index is 791. The summed E-state index contributed by atoms with van der Waals surface area (Å²) in [7, 11) is 1.46. The SMILES string of the molecule is COc1nccc(OC2CCN(C(=O)c3ccc(C(F)(F)F)nc3)CC2)n1. The second kappa shape index (κ2) is 7.77. The van der Waals surface area contributed by atoms with Crippen molar-refractivity contribution < 1.29 is 27.4 Å². The minimum Gasteiger partial charge on any atom is -0.474 e. The van der Waals surface area contributed by atoms with Crippen molar-refractivity contribution in [3.8, 4) is 11.9 Å². The molecule has 0 aromatic carbocycles. The predicted molar refractivity (Wildman–Crippen MR) is 87.4 cm³/mol. The maximum atomic E-state index is 12.6. The van der Waals surface area contributed by atoms with Crippen LogP contribution < -0.4 is 9.47 Å². The lowest BCUT2D eigenvalue weighted by Crippen LogP contribution is -2.41. The molecular weight excluding hydrogens is 365 g/mol. The molecule has 27 heavy (non-hydrogen) atoms. The maximum Gasteiger partial charge on any atom is 0.433 e. The van der Waals surface area contributed by atoms with Gasteiger partial charge >= 0.3 is 12.2 Å². The van der Waals surface area contributed by atoms with Gasteiger partial charge in [0.05, 0.1) is 12.7 Å². The number of aromatic nitrogens is 3. The fourth-order valence-electron chi connectivity index (χ4n) is 2.71. The number of alkyl halides is 3. The highest BCUT2D eigenvalue weighted by Gasteiger charge is 2.32. The van der Waals surface area contributed by atoms with Gasteiger partial charge < -0.3 is 14.4 Å². The molecule has 0 unspecified atom stereocenters. The molecule has 1 saturated heterocycles. The highest BCUT2D eigenvalue weighted by Crippen LogP contribution is 2.27. The van der Waals surface area contributed by atoms with Crippen LogP contribution in [0.15, 0.2) is 30.6 Å². The van der Waals surface area contributed by atoms with E-state index in [1.54, 1.807) is 11.0 Å². The smallest absolute Gasteiger partial charge is 0.433 e. The summed E-state index contributed by atoms with van der Waals surface area (Å²) in [6, 6.07) is 3.78. The van der Waals surface area contributed by atoms with E-state index in [0.717, 1.165) is 18.3 Å². The van der Waals surface area contributed by atoms with Crippen molar-refractivity contribution in [2.24, 2.45) is 0 Å². The molecule has 3 rings (SSSR count). The predicted octanol–water partition coefficient (Wildman–Crippen LogP) is 2.58. The Labute approximate surface area is 153 Å². The number of amides is 1. The highest BCUT2D eigenvalue weighted by molar-refractivity contribution is 5.94. The minimum atomic E-state index is -4.53. The van der Waals surface area contributed by atoms with Crippen molar-refractivity contribution >= 4 is 5.91 Å². The molecule has 0 aliphatic carbocycles. The Hall–Kier alpha value is -2.91. The molecule has 0 atom stereocenters. The Morgan fingerprint density at radius 3 is 2.52 bits per heavy atom. The van der Waals surface area contributed by atoms with E-state index in [2.05, 4.69) is 15.0 Å². The third kappa shape index (κ3) is 4.63. The lowest BCUT2D eigenvalue weighted by atomic mass is 10.1. The molecular formula is C17H17F3N4O3. The molecule has 1 aliphatic rings. The number of pyridine rings is 1. The second-order valence-electron chi connectivity index (χ2n) is 5.92. The van der Waals surface area contributed by atoms with Gasteiger partial charge in [0, 0.05) is 44.4 Å². The number of halogens is 3. The van der Waals surface area contributed by atoms with Gasteiger partial charge in [0.15, 0.2) is 0 Å². The molecule has 1 fully saturated rings. The number of carbonyl (C=O) groups excluding carboxylic acids is 1. The highest BCUT2D eigenvalue weighted by atomic mass is 19.4. The topological polar surface area (TPSA) is 77.4 Å². The Morgan fingerprint density at radius 1 is 1.19 bits per heavy atom. The molecule has 1 aliphatic heterocycles. The average molecular weight is 382 g/mol. The van der Waals surface area contributed by atoms with Gasteiger partial charge in [-0.2, -0.15) is 18.2 Å². The molecule has 7 nitrogen and oxygen atoms in total. The van der Waals surface area contributed by atoms with Crippen LogP contribution in [0.3, 0.4) is 0 Å². The number of hydrogen-bond acceptors (Lipinski definition) is 6. The van der Waals surface area contributed by atoms with Gasteiger partial charge in [-0.1, -0.05) is 0 Å². The average Bonchev–Trinajstić information content (AvgIpc) is 2.67. The van der Waals surface area contributed by atoms with Gasteiger partial charge in [-0.05, 0) is 12.1 Å². The number of hydrogen-bond donors (Lipinski definition) is 0. The lowest BCUT2D eigenvalue weighted by molar-refractivity contribution is -0.141. The molecule has 0 saturated carbocycles. The fourth-order valence-corrected chi connectivity index (χ4v) is 2.71. The van der Waals surface area contributed by atoms with E-state index >= 15 is 0 Å². The number of carbonyl (C=O) groups is 1. The normalized spacial score (nSPS) is 15.5. The van der Waals surface area contributed by atoms with Crippen LogP contribution in [0.5, 0.6) is 11.9 Å². The largest absolute Gasteiger partial charge is 0.474 e. The Morgan fingerprint density at radius 2 is 1.93 bits per heavy atom. The molecule has 0 bridgehead atoms. The minimum absolute atomic E-state index is 0.126. The van der Waals surface area contributed by atoms with Gasteiger partial charge in [0.1, 0.15) is 11.8 Å². The summed E-state index contributed by atoms with van der Waals surface area (Å²) < 4.78 is 48.4. The third-order valence-electron chi connectivity index (χ3n) is 4.11. The number of likely N-dealkylation sites (tertiary alicyclic amines) is 1. The van der Waals surface area contributed by atoms with E-state index in [1.807, 2.05) is 0 Å². The van der Waals surface area contributed by atoms with Gasteiger partial charge in [-0.3, -0.25) is 9.78 Å². The number of piperidine rings is 1. The first-order chi connectivity index (χ1) is 12.9. The van der Waals surface area contributed by atoms with Gasteiger partial charge in [0.25, 0.3) is 5.91 Å². The zero-order valence-corrected chi connectivity index (χ0v) is 14.4. The maximum absolute atomic E-state index is 12.6. The number of rotatable bonds is 4. The van der Waals surface area contributed by atoms with Gasteiger partial charge in [-0.25, -0.2) is 4.98 Å². The standard InChI is InChI=1S/C17H17F3N4O3/c1-26-16-21-7-4-14(23-16)27-12-5-8-24(9-6-12)15(25)11-2-3-13(22-10-11)17(18,19)20/h2-4,7,10,12H,5-6,8-9H2,1H3. The monoisotopic (exact) mass is 382 g/mol. The fraction of sp³-hybridized carbons (Fsp3) is 0.412. The first kappa shape index (κ1) is 18.9. The van der Waals surface area contributed by atoms with Crippen LogP contribution in [0.25, 0.3) is 0 Å². The van der Waals surface area contributed by atoms with E-state index in [1.165, 1.54) is 13.3 Å². The summed E-state index contributed by atoms with van der Waals surface area (Å²) >= 11 is 0. The van der Waals surface area contributed by atoms with E-state index in [-0.39, 0.29) is 23.6 Å². The Kier molecular flexibility index (Phi) is 5.43. The number of methoxy groups -OCH3 is 1. The second-order valence-corrected chi connectivity index (χ2v) is 5.92. The van der Waals surface area contributed by atoms with Crippen molar-refractivity contribution in [3.63, 3.8) is 0 Å². The first-order valence-corrected chi connectivity index (χ1v) is 8.23. The molecule has 0 spiro atoms. The summed E-state index contributed by atoms with van der Waals surface area (Å²) in [6.45, 7) is 0.847. The van der Waals surface area contributed by atoms with Crippen LogP contribution in [-0.4, -0.2) is 52.1 Å². The van der Waals surface area contributed by atoms with Gasteiger partial charge in [-0.15, -0.1) is 0 Å². The van der Waals surface area contributed by atoms with Crippen molar-refractivity contribution in [2.75, 3.05) is 20.2 Å². The van der Waals surface area contributed by atoms with Crippen molar-refractivity contribution in [3.05, 3.63) is 41.9 Å². The Balaban J connectivity index is 1.56. The first-order valence-electron chi connectivity index (χ1n) is 8.23. The quantitative estimate of drug-likeness (QED) is 0.809. The molecule has 0 N–H and O–H groups in total. The molecule has 3 heterocycles. The molecule has 1 amide bonds. The molecule has 144 valence electrons. The van der Waals surface area contributed by atoms with Crippen LogP contribution in [0.2, 0.25) is 0 Å². The summed E-state index contributed by atoms with van der Waals surface area (Å²) in [5, 5.41) is 0. The van der Waals surface area contributed by atoms with Crippen LogP contribution in [0.1, 0.15) is 28.9 Å². The summed E-state index contributed by atoms with van der Waals surface area (Å²) in [4.78, 5) is 25.3. The molecule has 2 aromatic rings. The van der Waals surface area contributed by atoms with E-state index in [9.17, 15) is 18.0 Å². The van der Waals surface area contributed by atoms with Gasteiger partial charge in [0.2, 0.25) is 5.88 Å². The number of ether oxygens (including phenoxy) is 2. The molecule has 0 radical (unpaired) electrons. The van der Waals surface area contributed by atoms with Crippen LogP contribution >= 0.6 is 0 Å². The molecule has 10 heteroatoms. The zero-order chi connectivity index (χ0) is 19.4. The van der Waals surface area contributed by atoms with Crippen molar-refractivity contribution in [1.82, 2.24) is 19.9 Å². The van der Waals surface area contributed by atoms with Crippen LogP contribution in [0, 0.1) is 0 Å². The van der Waals surface area contributed by atoms with E-state index in [4.69, 9.17) is 9.47 Å². The van der Waals surface area contributed by atoms with Crippen molar-refractivity contribution in [2.45, 2.75) is 25.1 Å². The third-order valence-corrected chi connectivity index (χ3v) is 4.11. The lowest BCUT2D eigenvalue weighted by Gasteiger charge is -2.32. The summed E-state index contributed by atoms with van der Waals surface area (Å²) in [5.41, 5.74) is -0.894. The number of nitrogens with zero attached hydrogens (tertiary/aromatic N) is 4. The zero-order valence-electron chi connectivity index (χ0n) is 14.4. The van der Waals surface area contributed by atoms with Crippen molar-refractivity contribution in [1.29, 1.82) is 0 Å². The van der Waals surface area contributed by atoms with Crippen LogP contribution in [-0.2, 0) is 6.18 Å².